The molecular formula is C44H73N9O16. The highest BCUT2D eigenvalue weighted by Gasteiger charge is 2.41. The van der Waals surface area contributed by atoms with E-state index in [2.05, 4.69) is 37.2 Å². The van der Waals surface area contributed by atoms with Crippen LogP contribution in [0.5, 0.6) is 0 Å². The van der Waals surface area contributed by atoms with Crippen molar-refractivity contribution in [3.8, 4) is 0 Å². The maximum Gasteiger partial charge on any atom is 0.326 e. The van der Waals surface area contributed by atoms with Crippen LogP contribution in [0, 0.1) is 23.7 Å². The molecule has 1 saturated heterocycles. The van der Waals surface area contributed by atoms with Crippen LogP contribution in [-0.2, 0) is 57.5 Å². The van der Waals surface area contributed by atoms with Crippen LogP contribution in [0.2, 0.25) is 0 Å². The second-order valence-electron chi connectivity index (χ2n) is 18.5. The van der Waals surface area contributed by atoms with Gasteiger partial charge in [0, 0.05) is 19.4 Å². The number of carbonyl (C=O) groups excluding carboxylic acids is 8. The van der Waals surface area contributed by atoms with Crippen LogP contribution in [0.1, 0.15) is 120 Å². The van der Waals surface area contributed by atoms with Gasteiger partial charge in [-0.05, 0) is 62.7 Å². The van der Waals surface area contributed by atoms with E-state index in [0.717, 1.165) is 0 Å². The molecule has 0 spiro atoms. The summed E-state index contributed by atoms with van der Waals surface area (Å²) >= 11 is 0. The summed E-state index contributed by atoms with van der Waals surface area (Å²) in [4.78, 5) is 155. The van der Waals surface area contributed by atoms with E-state index in [1.54, 1.807) is 55.4 Å². The quantitative estimate of drug-likeness (QED) is 0.0386. The molecule has 0 bridgehead atoms. The molecule has 1 rings (SSSR count). The number of aliphatic carboxylic acids is 4. The van der Waals surface area contributed by atoms with E-state index >= 15 is 0 Å². The molecule has 390 valence electrons. The second kappa shape index (κ2) is 28.8. The Morgan fingerprint density at radius 1 is 0.565 bits per heavy atom. The molecule has 1 aliphatic heterocycles. The van der Waals surface area contributed by atoms with E-state index in [1.165, 1.54) is 11.8 Å². The van der Waals surface area contributed by atoms with E-state index in [1.807, 2.05) is 0 Å². The van der Waals surface area contributed by atoms with Crippen molar-refractivity contribution in [2.75, 3.05) is 6.54 Å². The zero-order chi connectivity index (χ0) is 53.0. The molecule has 1 fully saturated rings. The summed E-state index contributed by atoms with van der Waals surface area (Å²) in [7, 11) is 0. The van der Waals surface area contributed by atoms with Gasteiger partial charge in [0.05, 0.1) is 12.5 Å². The first-order valence-electron chi connectivity index (χ1n) is 23.1. The molecule has 25 heteroatoms. The van der Waals surface area contributed by atoms with Gasteiger partial charge in [0.1, 0.15) is 48.3 Å². The standard InChI is InChI=1S/C44H73N9O16/c1-10-23(8)35(42(66)48-27(18-20(2)3)43(67)53-17-11-12-29(53)39(63)49-28(44(68)69)19-32(58)59)52-36(60)24(9)46-40(64)33(21(4)5)51-38(62)26(14-16-31(56)57)47-41(65)34(22(6)7)50-37(61)25(45)13-15-30(54)55/h20-29,33-35H,10-19,45H2,1-9H3,(H,46,64)(H,47,65)(H,48,66)(H,49,63)(H,50,61)(H,51,62)(H,52,60)(H,54,55)(H,56,57)(H,58,59)(H,68,69)/t23-,24-,25-,26-,27-,28-,29-,33-,34-,35-/m0/s1. The monoisotopic (exact) mass is 984 g/mol. The maximum atomic E-state index is 14.0. The Morgan fingerprint density at radius 2 is 1.06 bits per heavy atom. The molecule has 0 aromatic carbocycles. The van der Waals surface area contributed by atoms with E-state index in [0.29, 0.717) is 12.8 Å². The Morgan fingerprint density at radius 3 is 1.55 bits per heavy atom. The predicted molar refractivity (Wildman–Crippen MR) is 244 cm³/mol. The third-order valence-corrected chi connectivity index (χ3v) is 11.5. The van der Waals surface area contributed by atoms with Gasteiger partial charge in [0.15, 0.2) is 0 Å². The lowest BCUT2D eigenvalue weighted by Crippen LogP contribution is -2.61. The number of carboxylic acid groups (broad SMARTS) is 4. The largest absolute Gasteiger partial charge is 0.481 e. The molecule has 0 unspecified atom stereocenters. The first-order valence-corrected chi connectivity index (χ1v) is 23.1. The lowest BCUT2D eigenvalue weighted by molar-refractivity contribution is -0.148. The predicted octanol–water partition coefficient (Wildman–Crippen LogP) is -1.59. The Labute approximate surface area is 400 Å². The molecule has 10 atom stereocenters. The lowest BCUT2D eigenvalue weighted by atomic mass is 9.96. The van der Waals surface area contributed by atoms with Crippen LogP contribution in [0.4, 0.5) is 0 Å². The Kier molecular flexibility index (Phi) is 25.3. The van der Waals surface area contributed by atoms with Gasteiger partial charge in [-0.1, -0.05) is 61.8 Å². The number of amides is 8. The summed E-state index contributed by atoms with van der Waals surface area (Å²) in [6.07, 6.45) is -1.59. The summed E-state index contributed by atoms with van der Waals surface area (Å²) in [6, 6.07) is -12.1. The van der Waals surface area contributed by atoms with Gasteiger partial charge in [0.25, 0.3) is 0 Å². The number of carbonyl (C=O) groups is 12. The molecule has 69 heavy (non-hydrogen) atoms. The van der Waals surface area contributed by atoms with Gasteiger partial charge in [-0.2, -0.15) is 0 Å². The summed E-state index contributed by atoms with van der Waals surface area (Å²) in [6.45, 7) is 14.7. The topological polar surface area (TPSA) is 399 Å². The van der Waals surface area contributed by atoms with Crippen LogP contribution in [0.3, 0.4) is 0 Å². The number of nitrogens with two attached hydrogens (primary N) is 1. The molecule has 1 aliphatic rings. The van der Waals surface area contributed by atoms with Crippen molar-refractivity contribution < 1.29 is 78.0 Å². The molecular weight excluding hydrogens is 911 g/mol. The number of likely N-dealkylation sites (tertiary alicyclic amines) is 1. The zero-order valence-corrected chi connectivity index (χ0v) is 40.8. The number of hydrogen-bond donors (Lipinski definition) is 12. The number of nitrogens with one attached hydrogen (secondary N) is 7. The minimum atomic E-state index is -1.75. The highest BCUT2D eigenvalue weighted by molar-refractivity contribution is 5.98. The highest BCUT2D eigenvalue weighted by atomic mass is 16.4. The lowest BCUT2D eigenvalue weighted by Gasteiger charge is -2.32. The molecule has 8 amide bonds. The van der Waals surface area contributed by atoms with Crippen molar-refractivity contribution >= 4 is 71.1 Å². The zero-order valence-electron chi connectivity index (χ0n) is 40.8. The molecule has 0 radical (unpaired) electrons. The number of hydrogen-bond acceptors (Lipinski definition) is 13. The van der Waals surface area contributed by atoms with Crippen molar-refractivity contribution in [2.24, 2.45) is 29.4 Å². The Bertz CT molecular complexity index is 1880. The first kappa shape index (κ1) is 60.6. The summed E-state index contributed by atoms with van der Waals surface area (Å²) in [5, 5.41) is 54.3. The highest BCUT2D eigenvalue weighted by Crippen LogP contribution is 2.22. The Hall–Kier alpha value is -6.40. The second-order valence-corrected chi connectivity index (χ2v) is 18.5. The Balaban J connectivity index is 3.25. The molecule has 0 aliphatic carbocycles. The van der Waals surface area contributed by atoms with Crippen molar-refractivity contribution in [1.82, 2.24) is 42.1 Å². The molecule has 13 N–H and O–H groups in total. The average Bonchev–Trinajstić information content (AvgIpc) is 3.75. The van der Waals surface area contributed by atoms with Crippen molar-refractivity contribution in [3.05, 3.63) is 0 Å². The van der Waals surface area contributed by atoms with Crippen LogP contribution in [0.25, 0.3) is 0 Å². The first-order chi connectivity index (χ1) is 32.0. The maximum absolute atomic E-state index is 14.0. The van der Waals surface area contributed by atoms with Crippen molar-refractivity contribution in [2.45, 2.75) is 174 Å². The van der Waals surface area contributed by atoms with Crippen molar-refractivity contribution in [3.63, 3.8) is 0 Å². The van der Waals surface area contributed by atoms with Crippen molar-refractivity contribution in [1.29, 1.82) is 0 Å². The third kappa shape index (κ3) is 20.4. The fraction of sp³-hybridized carbons (Fsp3) is 0.727. The number of rotatable bonds is 30. The molecule has 0 aromatic heterocycles. The molecule has 25 nitrogen and oxygen atoms in total. The molecule has 1 heterocycles. The number of nitrogens with zero attached hydrogens (tertiary/aromatic N) is 1. The fourth-order valence-corrected chi connectivity index (χ4v) is 7.24. The van der Waals surface area contributed by atoms with Gasteiger partial charge in [-0.25, -0.2) is 4.79 Å². The van der Waals surface area contributed by atoms with Gasteiger partial charge in [0.2, 0.25) is 47.3 Å². The SMILES string of the molecule is CC[C@H](C)[C@H](NC(=O)[C@H](C)NC(=O)[C@@H](NC(=O)[C@H](CCC(=O)O)NC(=O)[C@@H](NC(=O)[C@@H](N)CCC(=O)O)C(C)C)C(C)C)C(=O)N[C@@H](CC(C)C)C(=O)N1CCC[C@H]1C(=O)N[C@@H](CC(=O)O)C(=O)O. The van der Waals surface area contributed by atoms with E-state index < -0.39 is 169 Å². The minimum Gasteiger partial charge on any atom is -0.481 e. The summed E-state index contributed by atoms with van der Waals surface area (Å²) < 4.78 is 0. The van der Waals surface area contributed by atoms with Crippen LogP contribution >= 0.6 is 0 Å². The number of carboxylic acids is 4. The van der Waals surface area contributed by atoms with Gasteiger partial charge < -0.3 is 68.3 Å². The average molecular weight is 984 g/mol. The van der Waals surface area contributed by atoms with Crippen LogP contribution in [-0.4, -0.2) is 157 Å². The van der Waals surface area contributed by atoms with Crippen LogP contribution < -0.4 is 43.0 Å². The normalized spacial score (nSPS) is 17.4. The van der Waals surface area contributed by atoms with E-state index in [-0.39, 0.29) is 31.7 Å². The van der Waals surface area contributed by atoms with Gasteiger partial charge in [-0.3, -0.25) is 52.7 Å². The van der Waals surface area contributed by atoms with Gasteiger partial charge in [-0.15, -0.1) is 0 Å². The third-order valence-electron chi connectivity index (χ3n) is 11.5. The summed E-state index contributed by atoms with van der Waals surface area (Å²) in [5.74, 6) is -14.1. The van der Waals surface area contributed by atoms with E-state index in [9.17, 15) is 67.7 Å². The van der Waals surface area contributed by atoms with Crippen LogP contribution in [0.15, 0.2) is 0 Å². The molecule has 0 saturated carbocycles. The molecule has 0 aromatic rings. The van der Waals surface area contributed by atoms with Gasteiger partial charge >= 0.3 is 23.9 Å². The fourth-order valence-electron chi connectivity index (χ4n) is 7.24. The summed E-state index contributed by atoms with van der Waals surface area (Å²) in [5.41, 5.74) is 5.80. The van der Waals surface area contributed by atoms with E-state index in [4.69, 9.17) is 15.9 Å². The smallest absolute Gasteiger partial charge is 0.326 e. The minimum absolute atomic E-state index is 0.0862.